The van der Waals surface area contributed by atoms with Crippen LogP contribution in [0.4, 0.5) is 0 Å². The molecule has 0 radical (unpaired) electrons. The van der Waals surface area contributed by atoms with Crippen molar-refractivity contribution in [3.05, 3.63) is 59.7 Å². The number of rotatable bonds is 2. The highest BCUT2D eigenvalue weighted by molar-refractivity contribution is 5.90. The van der Waals surface area contributed by atoms with E-state index in [0.29, 0.717) is 24.5 Å². The molecule has 1 unspecified atom stereocenters. The molecule has 2 aliphatic rings. The number of carbonyl (C=O) groups excluding carboxylic acids is 1. The molecule has 1 N–H and O–H groups in total. The van der Waals surface area contributed by atoms with Crippen LogP contribution in [0, 0.1) is 5.92 Å². The van der Waals surface area contributed by atoms with Gasteiger partial charge in [-0.1, -0.05) is 36.4 Å². The standard InChI is InChI=1S/C20H19NO4/c22-19(21-11-5-6-13(12-21)20(23)24)18-14-7-1-3-9-16(14)25-17-10-4-2-8-15(17)18/h1-4,7-10,13,18H,5-6,11-12H2,(H,23,24). The number of carboxylic acid groups (broad SMARTS) is 1. The fraction of sp³-hybridized carbons (Fsp3) is 0.300. The van der Waals surface area contributed by atoms with Crippen LogP contribution < -0.4 is 4.74 Å². The minimum atomic E-state index is -0.828. The number of amides is 1. The van der Waals surface area contributed by atoms with Crippen molar-refractivity contribution in [3.8, 4) is 11.5 Å². The maximum absolute atomic E-state index is 13.3. The lowest BCUT2D eigenvalue weighted by Gasteiger charge is -2.35. The smallest absolute Gasteiger partial charge is 0.308 e. The zero-order chi connectivity index (χ0) is 17.4. The lowest BCUT2D eigenvalue weighted by molar-refractivity contribution is -0.145. The highest BCUT2D eigenvalue weighted by Gasteiger charge is 2.37. The lowest BCUT2D eigenvalue weighted by Crippen LogP contribution is -2.44. The third kappa shape index (κ3) is 2.76. The first kappa shape index (κ1) is 15.7. The van der Waals surface area contributed by atoms with Gasteiger partial charge in [-0.3, -0.25) is 9.59 Å². The van der Waals surface area contributed by atoms with E-state index in [1.54, 1.807) is 4.90 Å². The second kappa shape index (κ2) is 6.24. The van der Waals surface area contributed by atoms with E-state index in [0.717, 1.165) is 17.5 Å². The fourth-order valence-electron chi connectivity index (χ4n) is 3.74. The number of hydrogen-bond acceptors (Lipinski definition) is 3. The summed E-state index contributed by atoms with van der Waals surface area (Å²) in [5.74, 6) is -0.436. The first-order valence-electron chi connectivity index (χ1n) is 8.52. The van der Waals surface area contributed by atoms with Crippen molar-refractivity contribution >= 4 is 11.9 Å². The normalized spacial score (nSPS) is 19.5. The molecule has 2 aliphatic heterocycles. The lowest BCUT2D eigenvalue weighted by atomic mass is 9.86. The van der Waals surface area contributed by atoms with Crippen molar-refractivity contribution in [1.82, 2.24) is 4.90 Å². The summed E-state index contributed by atoms with van der Waals surface area (Å²) in [7, 11) is 0. The summed E-state index contributed by atoms with van der Waals surface area (Å²) in [6.45, 7) is 0.875. The fourth-order valence-corrected chi connectivity index (χ4v) is 3.74. The highest BCUT2D eigenvalue weighted by Crippen LogP contribution is 2.44. The monoisotopic (exact) mass is 337 g/mol. The van der Waals surface area contributed by atoms with Gasteiger partial charge in [-0.15, -0.1) is 0 Å². The van der Waals surface area contributed by atoms with Crippen molar-refractivity contribution in [1.29, 1.82) is 0 Å². The van der Waals surface area contributed by atoms with Gasteiger partial charge in [0.25, 0.3) is 0 Å². The number of ether oxygens (including phenoxy) is 1. The Kier molecular flexibility index (Phi) is 3.92. The number of carboxylic acids is 1. The Hall–Kier alpha value is -2.82. The van der Waals surface area contributed by atoms with Crippen molar-refractivity contribution < 1.29 is 19.4 Å². The second-order valence-corrected chi connectivity index (χ2v) is 6.57. The van der Waals surface area contributed by atoms with Gasteiger partial charge in [0.1, 0.15) is 11.5 Å². The van der Waals surface area contributed by atoms with E-state index < -0.39 is 17.8 Å². The van der Waals surface area contributed by atoms with Crippen LogP contribution in [-0.2, 0) is 9.59 Å². The maximum Gasteiger partial charge on any atom is 0.308 e. The molecule has 4 rings (SSSR count). The van der Waals surface area contributed by atoms with Gasteiger partial charge < -0.3 is 14.7 Å². The Bertz CT molecular complexity index is 786. The van der Waals surface area contributed by atoms with E-state index in [4.69, 9.17) is 4.74 Å². The van der Waals surface area contributed by atoms with Crippen LogP contribution >= 0.6 is 0 Å². The molecule has 5 nitrogen and oxygen atoms in total. The van der Waals surface area contributed by atoms with Crippen LogP contribution in [-0.4, -0.2) is 35.0 Å². The van der Waals surface area contributed by atoms with Gasteiger partial charge >= 0.3 is 5.97 Å². The average molecular weight is 337 g/mol. The molecule has 2 aromatic carbocycles. The molecular formula is C20H19NO4. The van der Waals surface area contributed by atoms with Gasteiger partial charge in [-0.05, 0) is 25.0 Å². The van der Waals surface area contributed by atoms with Crippen molar-refractivity contribution in [2.45, 2.75) is 18.8 Å². The molecule has 2 heterocycles. The van der Waals surface area contributed by atoms with Gasteiger partial charge in [0.15, 0.2) is 0 Å². The van der Waals surface area contributed by atoms with E-state index >= 15 is 0 Å². The van der Waals surface area contributed by atoms with Gasteiger partial charge in [0.05, 0.1) is 11.8 Å². The zero-order valence-corrected chi connectivity index (χ0v) is 13.7. The number of para-hydroxylation sites is 2. The zero-order valence-electron chi connectivity index (χ0n) is 13.7. The van der Waals surface area contributed by atoms with Crippen LogP contribution in [0.15, 0.2) is 48.5 Å². The van der Waals surface area contributed by atoms with Crippen LogP contribution in [0.3, 0.4) is 0 Å². The van der Waals surface area contributed by atoms with Crippen LogP contribution in [0.5, 0.6) is 11.5 Å². The average Bonchev–Trinajstić information content (AvgIpc) is 2.65. The summed E-state index contributed by atoms with van der Waals surface area (Å²) in [6, 6.07) is 15.1. The number of fused-ring (bicyclic) bond motifs is 2. The third-order valence-corrected chi connectivity index (χ3v) is 5.01. The molecule has 1 atom stereocenters. The molecular weight excluding hydrogens is 318 g/mol. The summed E-state index contributed by atoms with van der Waals surface area (Å²) in [5, 5.41) is 9.31. The quantitative estimate of drug-likeness (QED) is 0.913. The topological polar surface area (TPSA) is 66.8 Å². The Balaban J connectivity index is 1.72. The van der Waals surface area contributed by atoms with Gasteiger partial charge in [0, 0.05) is 24.2 Å². The predicted molar refractivity (Wildman–Crippen MR) is 91.7 cm³/mol. The van der Waals surface area contributed by atoms with Crippen LogP contribution in [0.1, 0.15) is 29.9 Å². The molecule has 5 heteroatoms. The second-order valence-electron chi connectivity index (χ2n) is 6.57. The Morgan fingerprint density at radius 3 is 2.20 bits per heavy atom. The summed E-state index contributed by atoms with van der Waals surface area (Å²) in [5.41, 5.74) is 1.67. The molecule has 1 fully saturated rings. The molecule has 25 heavy (non-hydrogen) atoms. The SMILES string of the molecule is O=C(O)C1CCCN(C(=O)C2c3ccccc3Oc3ccccc32)C1. The Labute approximate surface area is 145 Å². The Morgan fingerprint density at radius 2 is 1.60 bits per heavy atom. The highest BCUT2D eigenvalue weighted by atomic mass is 16.5. The molecule has 2 aromatic rings. The summed E-state index contributed by atoms with van der Waals surface area (Å²) >= 11 is 0. The number of piperidine rings is 1. The van der Waals surface area contributed by atoms with E-state index in [2.05, 4.69) is 0 Å². The first-order valence-corrected chi connectivity index (χ1v) is 8.52. The molecule has 1 amide bonds. The number of benzene rings is 2. The molecule has 128 valence electrons. The molecule has 0 aromatic heterocycles. The van der Waals surface area contributed by atoms with Crippen LogP contribution in [0.25, 0.3) is 0 Å². The predicted octanol–water partition coefficient (Wildman–Crippen LogP) is 3.25. The van der Waals surface area contributed by atoms with Crippen molar-refractivity contribution in [3.63, 3.8) is 0 Å². The van der Waals surface area contributed by atoms with Gasteiger partial charge in [-0.25, -0.2) is 0 Å². The van der Waals surface area contributed by atoms with E-state index in [-0.39, 0.29) is 12.5 Å². The van der Waals surface area contributed by atoms with Crippen LogP contribution in [0.2, 0.25) is 0 Å². The summed E-state index contributed by atoms with van der Waals surface area (Å²) in [4.78, 5) is 26.4. The number of aliphatic carboxylic acids is 1. The third-order valence-electron chi connectivity index (χ3n) is 5.01. The van der Waals surface area contributed by atoms with E-state index in [9.17, 15) is 14.7 Å². The molecule has 0 saturated carbocycles. The Morgan fingerprint density at radius 1 is 1.00 bits per heavy atom. The number of nitrogens with zero attached hydrogens (tertiary/aromatic N) is 1. The van der Waals surface area contributed by atoms with E-state index in [1.165, 1.54) is 0 Å². The number of likely N-dealkylation sites (tertiary alicyclic amines) is 1. The van der Waals surface area contributed by atoms with Crippen molar-refractivity contribution in [2.24, 2.45) is 5.92 Å². The minimum Gasteiger partial charge on any atom is -0.481 e. The molecule has 0 spiro atoms. The number of carbonyl (C=O) groups is 2. The summed E-state index contributed by atoms with van der Waals surface area (Å²) < 4.78 is 5.94. The van der Waals surface area contributed by atoms with Crippen molar-refractivity contribution in [2.75, 3.05) is 13.1 Å². The van der Waals surface area contributed by atoms with Gasteiger partial charge in [-0.2, -0.15) is 0 Å². The molecule has 1 saturated heterocycles. The minimum absolute atomic E-state index is 0.0471. The first-order chi connectivity index (χ1) is 12.1. The maximum atomic E-state index is 13.3. The number of hydrogen-bond donors (Lipinski definition) is 1. The largest absolute Gasteiger partial charge is 0.481 e. The molecule has 0 bridgehead atoms. The summed E-state index contributed by atoms with van der Waals surface area (Å²) in [6.07, 6.45) is 1.34. The molecule has 0 aliphatic carbocycles. The van der Waals surface area contributed by atoms with E-state index in [1.807, 2.05) is 48.5 Å². The van der Waals surface area contributed by atoms with Gasteiger partial charge in [0.2, 0.25) is 5.91 Å².